The van der Waals surface area contributed by atoms with Crippen LogP contribution in [-0.4, -0.2) is 36.0 Å². The summed E-state index contributed by atoms with van der Waals surface area (Å²) in [7, 11) is 0. The molecule has 1 saturated heterocycles. The number of halogens is 4. The lowest BCUT2D eigenvalue weighted by Gasteiger charge is -2.34. The van der Waals surface area contributed by atoms with E-state index in [9.17, 15) is 22.8 Å². The fourth-order valence-corrected chi connectivity index (χ4v) is 3.46. The van der Waals surface area contributed by atoms with E-state index in [4.69, 9.17) is 11.6 Å². The molecular formula is C18H22ClF3N2O2. The van der Waals surface area contributed by atoms with E-state index < -0.39 is 36.0 Å². The summed E-state index contributed by atoms with van der Waals surface area (Å²) in [6.45, 7) is 2.32. The highest BCUT2D eigenvalue weighted by molar-refractivity contribution is 6.30. The molecule has 1 aromatic rings. The maximum absolute atomic E-state index is 12.7. The highest BCUT2D eigenvalue weighted by Gasteiger charge is 2.42. The van der Waals surface area contributed by atoms with Crippen molar-refractivity contribution >= 4 is 23.4 Å². The molecule has 0 aromatic heterocycles. The van der Waals surface area contributed by atoms with Crippen LogP contribution in [0.4, 0.5) is 13.2 Å². The highest BCUT2D eigenvalue weighted by atomic mass is 35.5. The molecule has 1 heterocycles. The molecule has 1 atom stereocenters. The number of rotatable bonds is 6. The molecule has 26 heavy (non-hydrogen) atoms. The molecule has 1 aromatic carbocycles. The van der Waals surface area contributed by atoms with E-state index in [2.05, 4.69) is 5.32 Å². The maximum atomic E-state index is 12.7. The molecule has 144 valence electrons. The van der Waals surface area contributed by atoms with Crippen LogP contribution in [0.3, 0.4) is 0 Å². The van der Waals surface area contributed by atoms with E-state index in [1.54, 1.807) is 12.1 Å². The Morgan fingerprint density at radius 2 is 1.81 bits per heavy atom. The first-order valence-electron chi connectivity index (χ1n) is 8.53. The first kappa shape index (κ1) is 20.6. The predicted molar refractivity (Wildman–Crippen MR) is 92.6 cm³/mol. The largest absolute Gasteiger partial charge is 0.406 e. The standard InChI is InChI=1S/C18H22ClF3N2O2/c1-3-17(4-2,13-5-7-14(19)8-6-13)23-16(26)12-9-15(25)24(10-12)11-18(20,21)22/h5-8,12H,3-4,9-11H2,1-2H3,(H,23,26). The van der Waals surface area contributed by atoms with Gasteiger partial charge in [-0.25, -0.2) is 0 Å². The number of amides is 2. The summed E-state index contributed by atoms with van der Waals surface area (Å²) in [5.41, 5.74) is 0.221. The summed E-state index contributed by atoms with van der Waals surface area (Å²) in [4.78, 5) is 25.2. The third-order valence-electron chi connectivity index (χ3n) is 4.92. The molecule has 0 bridgehead atoms. The Hall–Kier alpha value is -1.76. The Morgan fingerprint density at radius 1 is 1.23 bits per heavy atom. The molecule has 0 saturated carbocycles. The Balaban J connectivity index is 2.13. The van der Waals surface area contributed by atoms with Gasteiger partial charge in [0, 0.05) is 18.0 Å². The van der Waals surface area contributed by atoms with Crippen LogP contribution in [0.5, 0.6) is 0 Å². The van der Waals surface area contributed by atoms with E-state index in [0.717, 1.165) is 5.56 Å². The number of carbonyl (C=O) groups is 2. The van der Waals surface area contributed by atoms with Gasteiger partial charge in [0.05, 0.1) is 11.5 Å². The van der Waals surface area contributed by atoms with Gasteiger partial charge in [0.2, 0.25) is 11.8 Å². The van der Waals surface area contributed by atoms with Gasteiger partial charge >= 0.3 is 6.18 Å². The topological polar surface area (TPSA) is 49.4 Å². The smallest absolute Gasteiger partial charge is 0.346 e. The fraction of sp³-hybridized carbons (Fsp3) is 0.556. The van der Waals surface area contributed by atoms with Gasteiger partial charge in [-0.2, -0.15) is 13.2 Å². The summed E-state index contributed by atoms with van der Waals surface area (Å²) in [5.74, 6) is -1.83. The monoisotopic (exact) mass is 390 g/mol. The van der Waals surface area contributed by atoms with Crippen molar-refractivity contribution in [1.82, 2.24) is 10.2 Å². The molecule has 1 unspecified atom stereocenters. The molecule has 1 fully saturated rings. The average Bonchev–Trinajstić information content (AvgIpc) is 2.92. The number of hydrogen-bond acceptors (Lipinski definition) is 2. The molecule has 1 N–H and O–H groups in total. The van der Waals surface area contributed by atoms with Crippen molar-refractivity contribution in [2.75, 3.05) is 13.1 Å². The minimum Gasteiger partial charge on any atom is -0.346 e. The lowest BCUT2D eigenvalue weighted by atomic mass is 9.84. The molecular weight excluding hydrogens is 369 g/mol. The van der Waals surface area contributed by atoms with Crippen LogP contribution >= 0.6 is 11.6 Å². The van der Waals surface area contributed by atoms with Crippen molar-refractivity contribution in [2.24, 2.45) is 5.92 Å². The normalized spacial score (nSPS) is 18.3. The van der Waals surface area contributed by atoms with E-state index in [1.807, 2.05) is 26.0 Å². The predicted octanol–water partition coefficient (Wildman–Crippen LogP) is 3.88. The Bertz CT molecular complexity index is 657. The minimum absolute atomic E-state index is 0.202. The van der Waals surface area contributed by atoms with Crippen LogP contribution in [0.2, 0.25) is 5.02 Å². The first-order valence-corrected chi connectivity index (χ1v) is 8.90. The van der Waals surface area contributed by atoms with Crippen LogP contribution in [0.1, 0.15) is 38.7 Å². The summed E-state index contributed by atoms with van der Waals surface area (Å²) in [6, 6.07) is 7.11. The van der Waals surface area contributed by atoms with Crippen molar-refractivity contribution < 1.29 is 22.8 Å². The Kier molecular flexibility index (Phi) is 6.21. The average molecular weight is 391 g/mol. The van der Waals surface area contributed by atoms with Gasteiger partial charge in [-0.05, 0) is 30.5 Å². The van der Waals surface area contributed by atoms with Crippen molar-refractivity contribution in [3.8, 4) is 0 Å². The second-order valence-electron chi connectivity index (χ2n) is 6.58. The maximum Gasteiger partial charge on any atom is 0.406 e. The number of carbonyl (C=O) groups excluding carboxylic acids is 2. The third kappa shape index (κ3) is 4.69. The third-order valence-corrected chi connectivity index (χ3v) is 5.17. The first-order chi connectivity index (χ1) is 12.1. The summed E-state index contributed by atoms with van der Waals surface area (Å²) >= 11 is 5.92. The number of benzene rings is 1. The second-order valence-corrected chi connectivity index (χ2v) is 7.01. The summed E-state index contributed by atoms with van der Waals surface area (Å²) in [6.07, 6.45) is -3.47. The van der Waals surface area contributed by atoms with E-state index in [-0.39, 0.29) is 13.0 Å². The van der Waals surface area contributed by atoms with Crippen molar-refractivity contribution in [2.45, 2.75) is 44.8 Å². The van der Waals surface area contributed by atoms with Crippen LogP contribution in [0, 0.1) is 5.92 Å². The molecule has 4 nitrogen and oxygen atoms in total. The van der Waals surface area contributed by atoms with Gasteiger partial charge in [0.15, 0.2) is 0 Å². The molecule has 2 amide bonds. The van der Waals surface area contributed by atoms with Gasteiger partial charge in [-0.15, -0.1) is 0 Å². The number of alkyl halides is 3. The minimum atomic E-state index is -4.47. The molecule has 0 aliphatic carbocycles. The van der Waals surface area contributed by atoms with Gasteiger partial charge in [0.25, 0.3) is 0 Å². The van der Waals surface area contributed by atoms with Gasteiger partial charge in [-0.1, -0.05) is 37.6 Å². The number of nitrogens with zero attached hydrogens (tertiary/aromatic N) is 1. The Morgan fingerprint density at radius 3 is 2.31 bits per heavy atom. The van der Waals surface area contributed by atoms with E-state index in [1.165, 1.54) is 0 Å². The molecule has 1 aliphatic heterocycles. The van der Waals surface area contributed by atoms with Crippen molar-refractivity contribution in [3.05, 3.63) is 34.9 Å². The van der Waals surface area contributed by atoms with E-state index in [0.29, 0.717) is 22.8 Å². The zero-order chi connectivity index (χ0) is 19.5. The van der Waals surface area contributed by atoms with Gasteiger partial charge < -0.3 is 10.2 Å². The zero-order valence-corrected chi connectivity index (χ0v) is 15.5. The van der Waals surface area contributed by atoms with E-state index >= 15 is 0 Å². The zero-order valence-electron chi connectivity index (χ0n) is 14.7. The van der Waals surface area contributed by atoms with Crippen LogP contribution < -0.4 is 5.32 Å². The van der Waals surface area contributed by atoms with Crippen molar-refractivity contribution in [3.63, 3.8) is 0 Å². The number of likely N-dealkylation sites (tertiary alicyclic amines) is 1. The summed E-state index contributed by atoms with van der Waals surface area (Å²) in [5, 5.41) is 3.54. The molecule has 1 aliphatic rings. The SMILES string of the molecule is CCC(CC)(NC(=O)C1CC(=O)N(CC(F)(F)F)C1)c1ccc(Cl)cc1. The molecule has 0 spiro atoms. The van der Waals surface area contributed by atoms with Gasteiger partial charge in [0.1, 0.15) is 6.54 Å². The fourth-order valence-electron chi connectivity index (χ4n) is 3.33. The van der Waals surface area contributed by atoms with Crippen LogP contribution in [0.25, 0.3) is 0 Å². The van der Waals surface area contributed by atoms with Crippen LogP contribution in [0.15, 0.2) is 24.3 Å². The lowest BCUT2D eigenvalue weighted by molar-refractivity contribution is -0.157. The molecule has 2 rings (SSSR count). The molecule has 8 heteroatoms. The van der Waals surface area contributed by atoms with Gasteiger partial charge in [-0.3, -0.25) is 9.59 Å². The lowest BCUT2D eigenvalue weighted by Crippen LogP contribution is -2.48. The summed E-state index contributed by atoms with van der Waals surface area (Å²) < 4.78 is 37.6. The quantitative estimate of drug-likeness (QED) is 0.801. The Labute approximate surface area is 155 Å². The number of hydrogen-bond donors (Lipinski definition) is 1. The molecule has 0 radical (unpaired) electrons. The second kappa shape index (κ2) is 7.86. The number of nitrogens with one attached hydrogen (secondary N) is 1. The van der Waals surface area contributed by atoms with Crippen molar-refractivity contribution in [1.29, 1.82) is 0 Å². The van der Waals surface area contributed by atoms with Crippen LogP contribution in [-0.2, 0) is 15.1 Å². The highest BCUT2D eigenvalue weighted by Crippen LogP contribution is 2.31.